The number of aromatic nitrogens is 2. The molecule has 5 nitrogen and oxygen atoms in total. The Kier molecular flexibility index (Phi) is 5.98. The number of nitrogens with one attached hydrogen (secondary N) is 1. The Balaban J connectivity index is 2.19. The summed E-state index contributed by atoms with van der Waals surface area (Å²) in [4.78, 5) is 20.3. The number of H-pyrrole nitrogens is 1. The van der Waals surface area contributed by atoms with Gasteiger partial charge in [0.25, 0.3) is 0 Å². The van der Waals surface area contributed by atoms with E-state index in [0.29, 0.717) is 5.56 Å². The summed E-state index contributed by atoms with van der Waals surface area (Å²) < 4.78 is 14.8. The molecule has 4 N–H and O–H groups in total. The maximum absolute atomic E-state index is 14.8. The van der Waals surface area contributed by atoms with Crippen LogP contribution in [0, 0.1) is 6.92 Å². The summed E-state index contributed by atoms with van der Waals surface area (Å²) in [5.41, 5.74) is 8.59. The molecule has 2 aromatic heterocycles. The number of hydrogen-bond acceptors (Lipinski definition) is 3. The molecule has 3 aromatic rings. The van der Waals surface area contributed by atoms with Crippen molar-refractivity contribution in [3.8, 4) is 11.3 Å². The third-order valence-electron chi connectivity index (χ3n) is 6.14. The van der Waals surface area contributed by atoms with Crippen LogP contribution in [0.4, 0.5) is 4.39 Å². The summed E-state index contributed by atoms with van der Waals surface area (Å²) in [6, 6.07) is 9.65. The van der Waals surface area contributed by atoms with Gasteiger partial charge in [0.2, 0.25) is 5.91 Å². The molecule has 1 aromatic carbocycles. The molecule has 1 unspecified atom stereocenters. The van der Waals surface area contributed by atoms with Crippen molar-refractivity contribution in [1.82, 2.24) is 9.97 Å². The molecule has 2 heterocycles. The van der Waals surface area contributed by atoms with E-state index in [1.54, 1.807) is 13.1 Å². The molecule has 3 rings (SSSR count). The van der Waals surface area contributed by atoms with Gasteiger partial charge in [-0.25, -0.2) is 4.39 Å². The summed E-state index contributed by atoms with van der Waals surface area (Å²) in [6.07, 6.45) is -0.0184. The van der Waals surface area contributed by atoms with Crippen molar-refractivity contribution in [2.45, 2.75) is 71.1 Å². The Hall–Kier alpha value is -2.73. The lowest BCUT2D eigenvalue weighted by Crippen LogP contribution is -2.45. The summed E-state index contributed by atoms with van der Waals surface area (Å²) in [5.74, 6) is -0.414. The van der Waals surface area contributed by atoms with Gasteiger partial charge in [-0.1, -0.05) is 19.9 Å². The van der Waals surface area contributed by atoms with Gasteiger partial charge in [-0.15, -0.1) is 0 Å². The zero-order chi connectivity index (χ0) is 23.1. The van der Waals surface area contributed by atoms with E-state index < -0.39 is 23.1 Å². The molecule has 166 valence electrons. The SMILES string of the molecule is Cc1cc(-c2[nH]c3ccc(C(C)(C[C@@H](F)C(C)(C)O)C(N)=O)cc3c2C(C)C)ccn1. The van der Waals surface area contributed by atoms with Crippen LogP contribution in [0.3, 0.4) is 0 Å². The van der Waals surface area contributed by atoms with Crippen LogP contribution >= 0.6 is 0 Å². The maximum atomic E-state index is 14.8. The number of rotatable bonds is 7. The highest BCUT2D eigenvalue weighted by Crippen LogP contribution is 2.39. The zero-order valence-corrected chi connectivity index (χ0v) is 19.1. The smallest absolute Gasteiger partial charge is 0.227 e. The molecule has 0 saturated carbocycles. The van der Waals surface area contributed by atoms with Crippen molar-refractivity contribution in [3.63, 3.8) is 0 Å². The molecule has 0 fully saturated rings. The first kappa shape index (κ1) is 22.9. The minimum absolute atomic E-state index is 0.199. The van der Waals surface area contributed by atoms with Crippen LogP contribution in [0.25, 0.3) is 22.2 Å². The molecule has 31 heavy (non-hydrogen) atoms. The van der Waals surface area contributed by atoms with Gasteiger partial charge >= 0.3 is 0 Å². The van der Waals surface area contributed by atoms with Crippen LogP contribution in [0.5, 0.6) is 0 Å². The average Bonchev–Trinajstić information content (AvgIpc) is 3.06. The number of benzene rings is 1. The lowest BCUT2D eigenvalue weighted by Gasteiger charge is -2.32. The third kappa shape index (κ3) is 4.35. The van der Waals surface area contributed by atoms with Crippen LogP contribution in [0.2, 0.25) is 0 Å². The topological polar surface area (TPSA) is 92.0 Å². The minimum Gasteiger partial charge on any atom is -0.387 e. The van der Waals surface area contributed by atoms with E-state index in [2.05, 4.69) is 23.8 Å². The predicted molar refractivity (Wildman–Crippen MR) is 123 cm³/mol. The number of aromatic amines is 1. The number of aliphatic hydroxyl groups is 1. The summed E-state index contributed by atoms with van der Waals surface area (Å²) in [5, 5.41) is 11.1. The number of nitrogens with two attached hydrogens (primary N) is 1. The van der Waals surface area contributed by atoms with Crippen LogP contribution in [-0.2, 0) is 10.2 Å². The molecular weight excluding hydrogens is 393 g/mol. The Morgan fingerprint density at radius 3 is 2.45 bits per heavy atom. The van der Waals surface area contributed by atoms with Crippen molar-refractivity contribution >= 4 is 16.8 Å². The number of amides is 1. The quantitative estimate of drug-likeness (QED) is 0.502. The number of nitrogens with zero attached hydrogens (tertiary/aromatic N) is 1. The fourth-order valence-electron chi connectivity index (χ4n) is 4.05. The van der Waals surface area contributed by atoms with Crippen LogP contribution < -0.4 is 5.73 Å². The first-order chi connectivity index (χ1) is 14.3. The second-order valence-electron chi connectivity index (χ2n) is 9.54. The molecule has 0 saturated heterocycles. The zero-order valence-electron chi connectivity index (χ0n) is 19.1. The third-order valence-corrected chi connectivity index (χ3v) is 6.14. The Morgan fingerprint density at radius 2 is 1.90 bits per heavy atom. The van der Waals surface area contributed by atoms with Crippen LogP contribution in [-0.4, -0.2) is 32.8 Å². The van der Waals surface area contributed by atoms with Gasteiger partial charge in [-0.2, -0.15) is 0 Å². The van der Waals surface area contributed by atoms with Gasteiger partial charge in [-0.05, 0) is 75.4 Å². The number of carbonyl (C=O) groups excluding carboxylic acids is 1. The Labute approximate surface area is 182 Å². The van der Waals surface area contributed by atoms with E-state index in [1.165, 1.54) is 13.8 Å². The lowest BCUT2D eigenvalue weighted by atomic mass is 9.74. The molecule has 0 aliphatic heterocycles. The molecule has 0 spiro atoms. The summed E-state index contributed by atoms with van der Waals surface area (Å²) >= 11 is 0. The predicted octanol–water partition coefficient (Wildman–Crippen LogP) is 4.90. The van der Waals surface area contributed by atoms with E-state index in [-0.39, 0.29) is 12.3 Å². The summed E-state index contributed by atoms with van der Waals surface area (Å²) in [7, 11) is 0. The normalized spacial score (nSPS) is 15.3. The number of carbonyl (C=O) groups is 1. The molecule has 2 atom stereocenters. The second kappa shape index (κ2) is 8.08. The van der Waals surface area contributed by atoms with Gasteiger partial charge in [0, 0.05) is 28.4 Å². The second-order valence-corrected chi connectivity index (χ2v) is 9.54. The molecule has 1 amide bonds. The van der Waals surface area contributed by atoms with Crippen LogP contribution in [0.15, 0.2) is 36.5 Å². The number of halogens is 1. The highest BCUT2D eigenvalue weighted by Gasteiger charge is 2.41. The first-order valence-electron chi connectivity index (χ1n) is 10.6. The van der Waals surface area contributed by atoms with E-state index in [1.807, 2.05) is 37.3 Å². The van der Waals surface area contributed by atoms with Gasteiger partial charge in [0.1, 0.15) is 6.17 Å². The average molecular weight is 426 g/mol. The van der Waals surface area contributed by atoms with Gasteiger partial charge in [0.05, 0.1) is 16.7 Å². The lowest BCUT2D eigenvalue weighted by molar-refractivity contribution is -0.124. The van der Waals surface area contributed by atoms with Gasteiger partial charge < -0.3 is 15.8 Å². The van der Waals surface area contributed by atoms with Crippen molar-refractivity contribution in [2.75, 3.05) is 0 Å². The minimum atomic E-state index is -1.60. The number of fused-ring (bicyclic) bond motifs is 1. The van der Waals surface area contributed by atoms with E-state index >= 15 is 0 Å². The van der Waals surface area contributed by atoms with Gasteiger partial charge in [-0.3, -0.25) is 9.78 Å². The fraction of sp³-hybridized carbons (Fsp3) is 0.440. The van der Waals surface area contributed by atoms with Crippen molar-refractivity contribution in [2.24, 2.45) is 5.73 Å². The van der Waals surface area contributed by atoms with E-state index in [9.17, 15) is 14.3 Å². The van der Waals surface area contributed by atoms with E-state index in [4.69, 9.17) is 5.73 Å². The number of hydrogen-bond donors (Lipinski definition) is 3. The fourth-order valence-corrected chi connectivity index (χ4v) is 4.05. The Morgan fingerprint density at radius 1 is 1.23 bits per heavy atom. The highest BCUT2D eigenvalue weighted by molar-refractivity contribution is 5.94. The number of aryl methyl sites for hydroxylation is 1. The molecule has 0 bridgehead atoms. The maximum Gasteiger partial charge on any atom is 0.227 e. The molecule has 6 heteroatoms. The van der Waals surface area contributed by atoms with Crippen molar-refractivity contribution in [1.29, 1.82) is 0 Å². The first-order valence-corrected chi connectivity index (χ1v) is 10.6. The van der Waals surface area contributed by atoms with Gasteiger partial charge in [0.15, 0.2) is 0 Å². The van der Waals surface area contributed by atoms with E-state index in [0.717, 1.165) is 33.4 Å². The largest absolute Gasteiger partial charge is 0.387 e. The highest BCUT2D eigenvalue weighted by atomic mass is 19.1. The monoisotopic (exact) mass is 425 g/mol. The molecular formula is C25H32FN3O2. The Bertz CT molecular complexity index is 1110. The summed E-state index contributed by atoms with van der Waals surface area (Å²) in [6.45, 7) is 10.6. The number of pyridine rings is 1. The molecule has 0 aliphatic carbocycles. The number of alkyl halides is 1. The standard InChI is InChI=1S/C25H32FN3O2/c1-14(2)21-18-12-17(25(6,23(27)30)13-20(26)24(4,5)31)7-8-19(18)29-22(21)16-9-10-28-15(3)11-16/h7-12,14,20,29,31H,13H2,1-6H3,(H2,27,30)/t20-,25?/m1/s1. The van der Waals surface area contributed by atoms with Crippen molar-refractivity contribution in [3.05, 3.63) is 53.3 Å². The van der Waals surface area contributed by atoms with Crippen LogP contribution in [0.1, 0.15) is 63.8 Å². The number of primary amides is 1. The molecule has 0 aliphatic rings. The molecule has 0 radical (unpaired) electrons. The van der Waals surface area contributed by atoms with Crippen molar-refractivity contribution < 1.29 is 14.3 Å².